The van der Waals surface area contributed by atoms with Gasteiger partial charge in [-0.15, -0.1) is 0 Å². The van der Waals surface area contributed by atoms with Gasteiger partial charge < -0.3 is 16.0 Å². The number of allylic oxidation sites excluding steroid dienone is 1. The Morgan fingerprint density at radius 3 is 2.31 bits per heavy atom. The van der Waals surface area contributed by atoms with E-state index in [9.17, 15) is 4.79 Å². The fourth-order valence-electron chi connectivity index (χ4n) is 1.42. The number of nitrogens with two attached hydrogens (primary N) is 1. The van der Waals surface area contributed by atoms with Gasteiger partial charge >= 0.3 is 0 Å². The summed E-state index contributed by atoms with van der Waals surface area (Å²) < 4.78 is 0. The molecule has 0 atom stereocenters. The molecule has 1 heterocycles. The van der Waals surface area contributed by atoms with Crippen molar-refractivity contribution in [3.63, 3.8) is 0 Å². The topological polar surface area (TPSA) is 58.4 Å². The molecule has 0 saturated carbocycles. The van der Waals surface area contributed by atoms with E-state index < -0.39 is 0 Å². The van der Waals surface area contributed by atoms with Crippen molar-refractivity contribution in [3.05, 3.63) is 11.3 Å². The number of carbonyl (C=O) groups is 1. The van der Waals surface area contributed by atoms with E-state index in [0.717, 1.165) is 31.9 Å². The summed E-state index contributed by atoms with van der Waals surface area (Å²) in [5, 5.41) is 3.26. The van der Waals surface area contributed by atoms with E-state index in [1.165, 1.54) is 0 Å². The number of hydrogen-bond acceptors (Lipinski definition) is 3. The third kappa shape index (κ3) is 2.45. The van der Waals surface area contributed by atoms with Crippen LogP contribution >= 0.6 is 0 Å². The van der Waals surface area contributed by atoms with E-state index in [2.05, 4.69) is 10.2 Å². The number of nitrogens with zero attached hydrogens (tertiary/aromatic N) is 1. The van der Waals surface area contributed by atoms with Gasteiger partial charge in [-0.05, 0) is 13.8 Å². The lowest BCUT2D eigenvalue weighted by Crippen LogP contribution is -2.43. The lowest BCUT2D eigenvalue weighted by molar-refractivity contribution is -0.114. The lowest BCUT2D eigenvalue weighted by Gasteiger charge is -2.30. The highest BCUT2D eigenvalue weighted by Crippen LogP contribution is 2.09. The van der Waals surface area contributed by atoms with Crippen molar-refractivity contribution in [3.8, 4) is 0 Å². The molecule has 4 nitrogen and oxygen atoms in total. The quantitative estimate of drug-likeness (QED) is 0.576. The molecule has 1 saturated heterocycles. The third-order valence-electron chi connectivity index (χ3n) is 2.50. The van der Waals surface area contributed by atoms with Crippen LogP contribution in [-0.2, 0) is 4.79 Å². The fourth-order valence-corrected chi connectivity index (χ4v) is 1.42. The summed E-state index contributed by atoms with van der Waals surface area (Å²) in [4.78, 5) is 13.1. The molecule has 0 aromatic heterocycles. The Labute approximate surface area is 78.8 Å². The molecule has 1 fully saturated rings. The van der Waals surface area contributed by atoms with Gasteiger partial charge in [-0.1, -0.05) is 0 Å². The predicted octanol–water partition coefficient (Wildman–Crippen LogP) is -0.329. The zero-order valence-electron chi connectivity index (χ0n) is 8.26. The summed E-state index contributed by atoms with van der Waals surface area (Å²) in [5.41, 5.74) is 6.88. The van der Waals surface area contributed by atoms with Crippen LogP contribution in [0.3, 0.4) is 0 Å². The molecule has 4 heteroatoms. The van der Waals surface area contributed by atoms with E-state index in [1.807, 2.05) is 6.92 Å². The molecule has 13 heavy (non-hydrogen) atoms. The molecule has 0 aromatic rings. The van der Waals surface area contributed by atoms with Crippen LogP contribution < -0.4 is 11.1 Å². The predicted molar refractivity (Wildman–Crippen MR) is 52.0 cm³/mol. The minimum absolute atomic E-state index is 0.323. The molecular weight excluding hydrogens is 166 g/mol. The molecule has 3 N–H and O–H groups in total. The number of primary amides is 1. The Kier molecular flexibility index (Phi) is 3.31. The number of nitrogens with one attached hydrogen (secondary N) is 1. The summed E-state index contributed by atoms with van der Waals surface area (Å²) in [6.07, 6.45) is 0. The van der Waals surface area contributed by atoms with Crippen LogP contribution in [0.4, 0.5) is 0 Å². The van der Waals surface area contributed by atoms with Crippen LogP contribution in [-0.4, -0.2) is 37.0 Å². The maximum absolute atomic E-state index is 10.9. The Morgan fingerprint density at radius 2 is 1.85 bits per heavy atom. The van der Waals surface area contributed by atoms with E-state index >= 15 is 0 Å². The number of amides is 1. The van der Waals surface area contributed by atoms with Gasteiger partial charge in [0.1, 0.15) is 0 Å². The van der Waals surface area contributed by atoms with E-state index in [4.69, 9.17) is 5.73 Å². The van der Waals surface area contributed by atoms with Gasteiger partial charge in [-0.25, -0.2) is 0 Å². The average molecular weight is 183 g/mol. The summed E-state index contributed by atoms with van der Waals surface area (Å²) >= 11 is 0. The molecule has 0 bridgehead atoms. The van der Waals surface area contributed by atoms with Crippen LogP contribution in [0, 0.1) is 0 Å². The maximum Gasteiger partial charge on any atom is 0.246 e. The molecule has 1 rings (SSSR count). The van der Waals surface area contributed by atoms with Crippen LogP contribution in [0.1, 0.15) is 13.8 Å². The summed E-state index contributed by atoms with van der Waals surface area (Å²) in [6, 6.07) is 0. The third-order valence-corrected chi connectivity index (χ3v) is 2.50. The zero-order chi connectivity index (χ0) is 9.84. The Hall–Kier alpha value is -1.03. The highest BCUT2D eigenvalue weighted by Gasteiger charge is 2.13. The largest absolute Gasteiger partial charge is 0.372 e. The second kappa shape index (κ2) is 4.28. The Balaban J connectivity index is 2.68. The van der Waals surface area contributed by atoms with E-state index in [0.29, 0.717) is 5.57 Å². The first-order chi connectivity index (χ1) is 6.13. The number of hydrogen-bond donors (Lipinski definition) is 2. The molecule has 74 valence electrons. The molecule has 0 unspecified atom stereocenters. The molecule has 1 amide bonds. The molecular formula is C9H17N3O. The van der Waals surface area contributed by atoms with Gasteiger partial charge in [-0.3, -0.25) is 4.79 Å². The maximum atomic E-state index is 10.9. The molecule has 0 spiro atoms. The SMILES string of the molecule is CC(C(N)=O)=C(C)N1CCNCC1. The van der Waals surface area contributed by atoms with Crippen molar-refractivity contribution in [1.82, 2.24) is 10.2 Å². The molecule has 0 aromatic carbocycles. The van der Waals surface area contributed by atoms with Crippen LogP contribution in [0.2, 0.25) is 0 Å². The van der Waals surface area contributed by atoms with Crippen LogP contribution in [0.15, 0.2) is 11.3 Å². The van der Waals surface area contributed by atoms with Gasteiger partial charge in [0.15, 0.2) is 0 Å². The second-order valence-electron chi connectivity index (χ2n) is 3.31. The van der Waals surface area contributed by atoms with Gasteiger partial charge in [0, 0.05) is 37.4 Å². The van der Waals surface area contributed by atoms with E-state index in [-0.39, 0.29) is 5.91 Å². The first-order valence-electron chi connectivity index (χ1n) is 4.56. The Bertz CT molecular complexity index is 229. The first kappa shape index (κ1) is 10.1. The average Bonchev–Trinajstić information content (AvgIpc) is 2.17. The number of rotatable bonds is 2. The van der Waals surface area contributed by atoms with Crippen molar-refractivity contribution in [1.29, 1.82) is 0 Å². The smallest absolute Gasteiger partial charge is 0.246 e. The summed E-state index contributed by atoms with van der Waals surface area (Å²) in [6.45, 7) is 7.59. The van der Waals surface area contributed by atoms with Crippen molar-refractivity contribution < 1.29 is 4.79 Å². The van der Waals surface area contributed by atoms with Crippen LogP contribution in [0.25, 0.3) is 0 Å². The zero-order valence-corrected chi connectivity index (χ0v) is 8.26. The molecule has 1 aliphatic rings. The minimum atomic E-state index is -0.323. The van der Waals surface area contributed by atoms with E-state index in [1.54, 1.807) is 6.92 Å². The van der Waals surface area contributed by atoms with Gasteiger partial charge in [0.05, 0.1) is 0 Å². The lowest BCUT2D eigenvalue weighted by atomic mass is 10.2. The van der Waals surface area contributed by atoms with Crippen molar-refractivity contribution >= 4 is 5.91 Å². The van der Waals surface area contributed by atoms with Crippen molar-refractivity contribution in [2.24, 2.45) is 5.73 Å². The normalized spacial score (nSPS) is 19.7. The fraction of sp³-hybridized carbons (Fsp3) is 0.667. The molecule has 1 aliphatic heterocycles. The standard InChI is InChI=1S/C9H17N3O/c1-7(9(10)13)8(2)12-5-3-11-4-6-12/h11H,3-6H2,1-2H3,(H2,10,13). The second-order valence-corrected chi connectivity index (χ2v) is 3.31. The number of piperazine rings is 1. The first-order valence-corrected chi connectivity index (χ1v) is 4.56. The van der Waals surface area contributed by atoms with Gasteiger partial charge in [-0.2, -0.15) is 0 Å². The highest BCUT2D eigenvalue weighted by atomic mass is 16.1. The van der Waals surface area contributed by atoms with Crippen LogP contribution in [0.5, 0.6) is 0 Å². The summed E-state index contributed by atoms with van der Waals surface area (Å²) in [5.74, 6) is -0.323. The van der Waals surface area contributed by atoms with Crippen molar-refractivity contribution in [2.45, 2.75) is 13.8 Å². The van der Waals surface area contributed by atoms with Gasteiger partial charge in [0.2, 0.25) is 5.91 Å². The monoisotopic (exact) mass is 183 g/mol. The highest BCUT2D eigenvalue weighted by molar-refractivity contribution is 5.91. The molecule has 0 radical (unpaired) electrons. The summed E-state index contributed by atoms with van der Waals surface area (Å²) in [7, 11) is 0. The van der Waals surface area contributed by atoms with Crippen molar-refractivity contribution in [2.75, 3.05) is 26.2 Å². The minimum Gasteiger partial charge on any atom is -0.372 e. The Morgan fingerprint density at radius 1 is 1.31 bits per heavy atom. The number of carbonyl (C=O) groups excluding carboxylic acids is 1. The molecule has 0 aliphatic carbocycles. The van der Waals surface area contributed by atoms with Gasteiger partial charge in [0.25, 0.3) is 0 Å².